The number of halogens is 2. The number of hydrogen-bond donors (Lipinski definition) is 1. The van der Waals surface area contributed by atoms with Gasteiger partial charge in [0.2, 0.25) is 6.43 Å². The molecule has 0 fully saturated rings. The molecule has 0 bridgehead atoms. The average molecular weight is 534 g/mol. The highest BCUT2D eigenvalue weighted by Gasteiger charge is 2.30. The van der Waals surface area contributed by atoms with Gasteiger partial charge in [0.15, 0.2) is 0 Å². The molecule has 0 aromatic carbocycles. The summed E-state index contributed by atoms with van der Waals surface area (Å²) in [5, 5.41) is 4.62. The van der Waals surface area contributed by atoms with Crippen LogP contribution < -0.4 is 20.8 Å². The summed E-state index contributed by atoms with van der Waals surface area (Å²) < 4.78 is 32.2. The van der Waals surface area contributed by atoms with E-state index in [1.807, 2.05) is 81.4 Å². The molecule has 204 valence electrons. The second-order valence-electron chi connectivity index (χ2n) is 9.47. The van der Waals surface area contributed by atoms with Crippen LogP contribution in [0.1, 0.15) is 47.8 Å². The van der Waals surface area contributed by atoms with Crippen molar-refractivity contribution in [1.29, 1.82) is 0 Å². The first-order valence-electron chi connectivity index (χ1n) is 12.9. The number of fused-ring (bicyclic) bond motifs is 1. The lowest BCUT2D eigenvalue weighted by molar-refractivity contribution is 0.0212. The molecule has 0 spiro atoms. The van der Waals surface area contributed by atoms with Crippen LogP contribution in [0.4, 0.5) is 14.6 Å². The molecule has 7 nitrogen and oxygen atoms in total. The van der Waals surface area contributed by atoms with Gasteiger partial charge in [-0.25, -0.2) is 18.7 Å². The fourth-order valence-electron chi connectivity index (χ4n) is 4.36. The van der Waals surface area contributed by atoms with Gasteiger partial charge in [0, 0.05) is 26.8 Å². The quantitative estimate of drug-likeness (QED) is 0.474. The highest BCUT2D eigenvalue weighted by atomic mass is 19.3. The third-order valence-corrected chi connectivity index (χ3v) is 6.47. The summed E-state index contributed by atoms with van der Waals surface area (Å²) in [4.78, 5) is 28.7. The lowest BCUT2D eigenvalue weighted by Crippen LogP contribution is -2.31. The fraction of sp³-hybridized carbons (Fsp3) is 0.333. The normalized spacial score (nSPS) is 16.4. The van der Waals surface area contributed by atoms with Crippen LogP contribution in [-0.2, 0) is 11.3 Å². The predicted octanol–water partition coefficient (Wildman–Crippen LogP) is 3.83. The summed E-state index contributed by atoms with van der Waals surface area (Å²) >= 11 is 0. The second-order valence-corrected chi connectivity index (χ2v) is 9.47. The highest BCUT2D eigenvalue weighted by molar-refractivity contribution is 5.94. The molecule has 1 aliphatic rings. The number of anilines is 1. The smallest absolute Gasteiger partial charge is 0.253 e. The largest absolute Gasteiger partial charge is 0.374 e. The number of allylic oxidation sites excluding steroid dienone is 1. The summed E-state index contributed by atoms with van der Waals surface area (Å²) in [6.45, 7) is 4.28. The molecule has 1 atom stereocenters. The lowest BCUT2D eigenvalue weighted by atomic mass is 9.95. The first-order valence-corrected chi connectivity index (χ1v) is 12.9. The average Bonchev–Trinajstić information content (AvgIpc) is 2.95. The van der Waals surface area contributed by atoms with Crippen LogP contribution in [0.3, 0.4) is 0 Å². The van der Waals surface area contributed by atoms with E-state index in [2.05, 4.69) is 10.3 Å². The molecule has 0 aliphatic carbocycles. The van der Waals surface area contributed by atoms with E-state index >= 15 is 0 Å². The number of hydrogen-bond acceptors (Lipinski definition) is 6. The van der Waals surface area contributed by atoms with Crippen molar-refractivity contribution in [2.45, 2.75) is 39.2 Å². The van der Waals surface area contributed by atoms with Gasteiger partial charge in [-0.1, -0.05) is 31.2 Å². The fourth-order valence-corrected chi connectivity index (χ4v) is 4.36. The molecule has 4 heterocycles. The molecule has 1 unspecified atom stereocenters. The van der Waals surface area contributed by atoms with Gasteiger partial charge < -0.3 is 15.0 Å². The number of carbonyl (C=O) groups is 1. The number of nitrogens with one attached hydrogen (secondary N) is 1. The molecule has 4 rings (SSSR count). The Balaban J connectivity index is 1.59. The second kappa shape index (κ2) is 12.7. The van der Waals surface area contributed by atoms with Crippen molar-refractivity contribution in [3.05, 3.63) is 81.6 Å². The Morgan fingerprint density at radius 2 is 2.00 bits per heavy atom. The van der Waals surface area contributed by atoms with Crippen LogP contribution in [0.25, 0.3) is 23.5 Å². The maximum absolute atomic E-state index is 13.5. The van der Waals surface area contributed by atoms with Crippen LogP contribution in [0, 0.1) is 0 Å². The zero-order valence-corrected chi connectivity index (χ0v) is 22.6. The number of pyridine rings is 3. The van der Waals surface area contributed by atoms with Crippen molar-refractivity contribution in [2.75, 3.05) is 32.1 Å². The van der Waals surface area contributed by atoms with Gasteiger partial charge in [-0.3, -0.25) is 9.78 Å². The van der Waals surface area contributed by atoms with E-state index in [1.54, 1.807) is 0 Å². The number of nitrogens with zero attached hydrogens (tertiary/aromatic N) is 4. The molecular weight excluding hydrogens is 500 g/mol. The van der Waals surface area contributed by atoms with E-state index < -0.39 is 12.3 Å². The topological polar surface area (TPSA) is 80.2 Å². The zero-order chi connectivity index (χ0) is 27.9. The van der Waals surface area contributed by atoms with Gasteiger partial charge in [-0.15, -0.1) is 0 Å². The summed E-state index contributed by atoms with van der Waals surface area (Å²) in [5.74, 6) is -0.633. The molecule has 39 heavy (non-hydrogen) atoms. The maximum atomic E-state index is 13.5. The summed E-state index contributed by atoms with van der Waals surface area (Å²) in [6.07, 6.45) is 5.53. The number of aromatic nitrogens is 3. The number of alkyl halides is 2. The molecule has 0 saturated carbocycles. The Labute approximate surface area is 227 Å². The van der Waals surface area contributed by atoms with Crippen molar-refractivity contribution in [3.8, 4) is 11.4 Å². The predicted molar refractivity (Wildman–Crippen MR) is 149 cm³/mol. The molecule has 1 amide bonds. The number of rotatable bonds is 8. The van der Waals surface area contributed by atoms with Crippen LogP contribution in [-0.4, -0.2) is 54.5 Å². The van der Waals surface area contributed by atoms with Gasteiger partial charge in [-0.05, 0) is 60.0 Å². The van der Waals surface area contributed by atoms with E-state index in [0.29, 0.717) is 11.3 Å². The van der Waals surface area contributed by atoms with Crippen LogP contribution in [0.15, 0.2) is 54.2 Å². The van der Waals surface area contributed by atoms with E-state index in [0.717, 1.165) is 39.8 Å². The molecule has 9 heteroatoms. The summed E-state index contributed by atoms with van der Waals surface area (Å²) in [5.41, 5.74) is 3.44. The SMILES string of the molecule is C/C=c1/ccc(-c2cccc(N(C)C)n2)n/c1=C/C(=C/CC)CNC(=O)c1cnc2c(c1)C(C(F)F)COC2. The minimum atomic E-state index is -2.59. The van der Waals surface area contributed by atoms with Gasteiger partial charge in [-0.2, -0.15) is 0 Å². The van der Waals surface area contributed by atoms with Gasteiger partial charge in [0.05, 0.1) is 47.1 Å². The monoisotopic (exact) mass is 533 g/mol. The Bertz CT molecular complexity index is 1490. The molecular formula is C30H33F2N5O2. The summed E-state index contributed by atoms with van der Waals surface area (Å²) in [7, 11) is 3.88. The van der Waals surface area contributed by atoms with Crippen molar-refractivity contribution in [2.24, 2.45) is 0 Å². The number of ether oxygens (including phenoxy) is 1. The molecule has 3 aromatic heterocycles. The van der Waals surface area contributed by atoms with E-state index in [-0.39, 0.29) is 31.2 Å². The van der Waals surface area contributed by atoms with Gasteiger partial charge in [0.1, 0.15) is 5.82 Å². The number of carbonyl (C=O) groups excluding carboxylic acids is 1. The maximum Gasteiger partial charge on any atom is 0.253 e. The van der Waals surface area contributed by atoms with Crippen molar-refractivity contribution < 1.29 is 18.3 Å². The molecule has 0 saturated heterocycles. The minimum absolute atomic E-state index is 0.0897. The molecule has 1 aliphatic heterocycles. The van der Waals surface area contributed by atoms with Crippen molar-refractivity contribution >= 4 is 23.9 Å². The molecule has 3 aromatic rings. The van der Waals surface area contributed by atoms with Crippen molar-refractivity contribution in [3.63, 3.8) is 0 Å². The molecule has 0 radical (unpaired) electrons. The molecule has 1 N–H and O–H groups in total. The Hall–Kier alpha value is -3.98. The standard InChI is InChI=1S/C30H33F2N5O2/c1-5-8-19(15-34-30(38)21-14-22-23(29(31)32)17-39-18-27(22)33-16-21)13-26-20(6-2)11-12-25(35-26)24-9-7-10-28(36-24)37(3)4/h6-14,16,23,29H,5,15,17-18H2,1-4H3,(H,34,38)/b19-8-,20-6-,26-13+. The van der Waals surface area contributed by atoms with Crippen LogP contribution in [0.5, 0.6) is 0 Å². The van der Waals surface area contributed by atoms with Gasteiger partial charge in [0.25, 0.3) is 5.91 Å². The van der Waals surface area contributed by atoms with Crippen LogP contribution >= 0.6 is 0 Å². The first-order chi connectivity index (χ1) is 18.8. The number of amides is 1. The highest BCUT2D eigenvalue weighted by Crippen LogP contribution is 2.31. The van der Waals surface area contributed by atoms with Gasteiger partial charge >= 0.3 is 0 Å². The van der Waals surface area contributed by atoms with Crippen molar-refractivity contribution in [1.82, 2.24) is 20.3 Å². The van der Waals surface area contributed by atoms with E-state index in [4.69, 9.17) is 14.7 Å². The zero-order valence-electron chi connectivity index (χ0n) is 22.6. The van der Waals surface area contributed by atoms with Crippen LogP contribution in [0.2, 0.25) is 0 Å². The Morgan fingerprint density at radius 3 is 2.72 bits per heavy atom. The minimum Gasteiger partial charge on any atom is -0.374 e. The lowest BCUT2D eigenvalue weighted by Gasteiger charge is -2.24. The van der Waals surface area contributed by atoms with E-state index in [9.17, 15) is 13.6 Å². The third kappa shape index (κ3) is 6.72. The Kier molecular flexibility index (Phi) is 9.14. The first kappa shape index (κ1) is 28.0. The summed E-state index contributed by atoms with van der Waals surface area (Å²) in [6, 6.07) is 11.3. The van der Waals surface area contributed by atoms with E-state index in [1.165, 1.54) is 12.3 Å². The third-order valence-electron chi connectivity index (χ3n) is 6.47. The Morgan fingerprint density at radius 1 is 1.21 bits per heavy atom.